The summed E-state index contributed by atoms with van der Waals surface area (Å²) < 4.78 is 42.5. The van der Waals surface area contributed by atoms with E-state index in [1.165, 1.54) is 0 Å². The number of ether oxygens (including phenoxy) is 1. The highest BCUT2D eigenvalue weighted by Crippen LogP contribution is 2.32. The highest BCUT2D eigenvalue weighted by molar-refractivity contribution is 6.33. The molecule has 0 radical (unpaired) electrons. The van der Waals surface area contributed by atoms with Crippen molar-refractivity contribution in [2.24, 2.45) is 0 Å². The molecule has 1 aromatic heterocycles. The average molecular weight is 281 g/mol. The summed E-state index contributed by atoms with van der Waals surface area (Å²) in [6, 6.07) is 1.02. The molecule has 1 saturated heterocycles. The van der Waals surface area contributed by atoms with Gasteiger partial charge in [-0.25, -0.2) is 4.98 Å². The van der Waals surface area contributed by atoms with Crippen LogP contribution in [0.15, 0.2) is 12.3 Å². The summed E-state index contributed by atoms with van der Waals surface area (Å²) in [6.45, 7) is 1.27. The second-order valence-electron chi connectivity index (χ2n) is 4.08. The predicted octanol–water partition coefficient (Wildman–Crippen LogP) is 3.34. The zero-order valence-electron chi connectivity index (χ0n) is 9.43. The second-order valence-corrected chi connectivity index (χ2v) is 4.49. The van der Waals surface area contributed by atoms with Gasteiger partial charge in [-0.15, -0.1) is 0 Å². The molecule has 100 valence electrons. The van der Waals surface area contributed by atoms with E-state index in [9.17, 15) is 13.2 Å². The van der Waals surface area contributed by atoms with E-state index >= 15 is 0 Å². The molecule has 0 unspecified atom stereocenters. The van der Waals surface area contributed by atoms with E-state index in [2.05, 4.69) is 10.3 Å². The molecule has 18 heavy (non-hydrogen) atoms. The molecule has 7 heteroatoms. The molecule has 1 aliphatic rings. The van der Waals surface area contributed by atoms with E-state index in [0.29, 0.717) is 13.2 Å². The van der Waals surface area contributed by atoms with E-state index in [-0.39, 0.29) is 16.9 Å². The molecule has 0 aliphatic carbocycles. The maximum absolute atomic E-state index is 12.4. The Morgan fingerprint density at radius 1 is 1.33 bits per heavy atom. The minimum atomic E-state index is -4.42. The van der Waals surface area contributed by atoms with Gasteiger partial charge in [0, 0.05) is 25.5 Å². The third kappa shape index (κ3) is 3.26. The second kappa shape index (κ2) is 5.32. The minimum absolute atomic E-state index is 0.0173. The molecule has 0 atom stereocenters. The van der Waals surface area contributed by atoms with Crippen molar-refractivity contribution < 1.29 is 17.9 Å². The Hall–Kier alpha value is -1.01. The van der Waals surface area contributed by atoms with E-state index < -0.39 is 11.7 Å². The first-order valence-electron chi connectivity index (χ1n) is 5.54. The molecule has 1 fully saturated rings. The number of alkyl halides is 3. The molecule has 2 rings (SSSR count). The van der Waals surface area contributed by atoms with Gasteiger partial charge in [0.25, 0.3) is 0 Å². The number of nitrogens with zero attached hydrogens (tertiary/aromatic N) is 1. The Morgan fingerprint density at radius 2 is 2.00 bits per heavy atom. The summed E-state index contributed by atoms with van der Waals surface area (Å²) in [5.41, 5.74) is -0.843. The molecule has 0 amide bonds. The van der Waals surface area contributed by atoms with Crippen LogP contribution in [0.2, 0.25) is 5.02 Å². The highest BCUT2D eigenvalue weighted by Gasteiger charge is 2.31. The summed E-state index contributed by atoms with van der Waals surface area (Å²) in [5.74, 6) is 0.288. The van der Waals surface area contributed by atoms with Gasteiger partial charge in [-0.2, -0.15) is 13.2 Å². The van der Waals surface area contributed by atoms with E-state index in [4.69, 9.17) is 16.3 Å². The third-order valence-electron chi connectivity index (χ3n) is 2.73. The van der Waals surface area contributed by atoms with Crippen molar-refractivity contribution in [2.75, 3.05) is 18.5 Å². The van der Waals surface area contributed by atoms with Crippen LogP contribution >= 0.6 is 11.6 Å². The normalized spacial score (nSPS) is 17.8. The van der Waals surface area contributed by atoms with Gasteiger partial charge < -0.3 is 10.1 Å². The zero-order chi connectivity index (χ0) is 13.2. The molecule has 0 saturated carbocycles. The van der Waals surface area contributed by atoms with Gasteiger partial charge in [0.05, 0.1) is 10.6 Å². The fourth-order valence-electron chi connectivity index (χ4n) is 1.73. The Kier molecular flexibility index (Phi) is 3.97. The van der Waals surface area contributed by atoms with Gasteiger partial charge >= 0.3 is 6.18 Å². The monoisotopic (exact) mass is 280 g/mol. The van der Waals surface area contributed by atoms with Crippen LogP contribution in [0.5, 0.6) is 0 Å². The highest BCUT2D eigenvalue weighted by atomic mass is 35.5. The van der Waals surface area contributed by atoms with Crippen molar-refractivity contribution in [3.8, 4) is 0 Å². The van der Waals surface area contributed by atoms with Gasteiger partial charge in [-0.1, -0.05) is 11.6 Å². The van der Waals surface area contributed by atoms with Crippen molar-refractivity contribution in [2.45, 2.75) is 25.1 Å². The van der Waals surface area contributed by atoms with Crippen LogP contribution in [0.3, 0.4) is 0 Å². The first kappa shape index (κ1) is 13.4. The molecule has 2 heterocycles. The van der Waals surface area contributed by atoms with Gasteiger partial charge in [-0.3, -0.25) is 0 Å². The van der Waals surface area contributed by atoms with E-state index in [1.54, 1.807) is 0 Å². The lowest BCUT2D eigenvalue weighted by atomic mass is 10.1. The van der Waals surface area contributed by atoms with Crippen molar-refractivity contribution in [1.29, 1.82) is 0 Å². The molecule has 1 aromatic rings. The van der Waals surface area contributed by atoms with Crippen LogP contribution in [0.25, 0.3) is 0 Å². The summed E-state index contributed by atoms with van der Waals surface area (Å²) >= 11 is 5.80. The number of hydrogen-bond donors (Lipinski definition) is 1. The summed E-state index contributed by atoms with van der Waals surface area (Å²) in [5, 5.41) is 3.02. The van der Waals surface area contributed by atoms with Crippen molar-refractivity contribution in [1.82, 2.24) is 4.98 Å². The number of aromatic nitrogens is 1. The first-order valence-corrected chi connectivity index (χ1v) is 5.91. The summed E-state index contributed by atoms with van der Waals surface area (Å²) in [7, 11) is 0. The molecule has 0 aromatic carbocycles. The quantitative estimate of drug-likeness (QED) is 0.902. The van der Waals surface area contributed by atoms with Crippen molar-refractivity contribution >= 4 is 17.4 Å². The van der Waals surface area contributed by atoms with Crippen LogP contribution in [0.4, 0.5) is 19.0 Å². The predicted molar refractivity (Wildman–Crippen MR) is 61.7 cm³/mol. The average Bonchev–Trinajstić information content (AvgIpc) is 2.32. The number of pyridine rings is 1. The fourth-order valence-corrected chi connectivity index (χ4v) is 1.96. The lowest BCUT2D eigenvalue weighted by Crippen LogP contribution is -2.28. The maximum Gasteiger partial charge on any atom is 0.417 e. The van der Waals surface area contributed by atoms with Crippen LogP contribution in [-0.4, -0.2) is 24.2 Å². The third-order valence-corrected chi connectivity index (χ3v) is 3.02. The Balaban J connectivity index is 2.09. The number of halogens is 4. The lowest BCUT2D eigenvalue weighted by Gasteiger charge is -2.24. The molecule has 3 nitrogen and oxygen atoms in total. The van der Waals surface area contributed by atoms with E-state index in [0.717, 1.165) is 25.1 Å². The fraction of sp³-hybridized carbons (Fsp3) is 0.545. The first-order chi connectivity index (χ1) is 8.47. The van der Waals surface area contributed by atoms with Crippen LogP contribution in [0, 0.1) is 0 Å². The number of anilines is 1. The lowest BCUT2D eigenvalue weighted by molar-refractivity contribution is -0.137. The summed E-state index contributed by atoms with van der Waals surface area (Å²) in [4.78, 5) is 3.73. The number of rotatable bonds is 2. The van der Waals surface area contributed by atoms with E-state index in [1.807, 2.05) is 0 Å². The van der Waals surface area contributed by atoms with Gasteiger partial charge in [-0.05, 0) is 18.9 Å². The van der Waals surface area contributed by atoms with Gasteiger partial charge in [0.15, 0.2) is 0 Å². The van der Waals surface area contributed by atoms with Crippen LogP contribution < -0.4 is 5.32 Å². The molecule has 1 aliphatic heterocycles. The number of hydrogen-bond acceptors (Lipinski definition) is 3. The zero-order valence-corrected chi connectivity index (χ0v) is 10.2. The maximum atomic E-state index is 12.4. The topological polar surface area (TPSA) is 34.2 Å². The van der Waals surface area contributed by atoms with Gasteiger partial charge in [0.1, 0.15) is 5.82 Å². The van der Waals surface area contributed by atoms with Gasteiger partial charge in [0.2, 0.25) is 0 Å². The smallest absolute Gasteiger partial charge is 0.381 e. The molecule has 1 N–H and O–H groups in total. The van der Waals surface area contributed by atoms with Crippen LogP contribution in [0.1, 0.15) is 18.4 Å². The molecular weight excluding hydrogens is 269 g/mol. The Labute approximate surface area is 107 Å². The molecule has 0 spiro atoms. The molecule has 0 bridgehead atoms. The number of nitrogens with one attached hydrogen (secondary N) is 1. The van der Waals surface area contributed by atoms with Crippen molar-refractivity contribution in [3.63, 3.8) is 0 Å². The summed E-state index contributed by atoms with van der Waals surface area (Å²) in [6.07, 6.45) is -2.06. The Bertz CT molecular complexity index is 419. The van der Waals surface area contributed by atoms with Crippen LogP contribution in [-0.2, 0) is 10.9 Å². The largest absolute Gasteiger partial charge is 0.417 e. The molecular formula is C11H12ClF3N2O. The standard InChI is InChI=1S/C11H12ClF3N2O/c12-9-5-7(11(13,14)15)6-16-10(9)17-8-1-3-18-4-2-8/h5-6,8H,1-4H2,(H,16,17). The minimum Gasteiger partial charge on any atom is -0.381 e. The Morgan fingerprint density at radius 3 is 2.56 bits per heavy atom. The van der Waals surface area contributed by atoms with Crippen molar-refractivity contribution in [3.05, 3.63) is 22.8 Å². The SMILES string of the molecule is FC(F)(F)c1cnc(NC2CCOCC2)c(Cl)c1.